The molecule has 2 heterocycles. The number of nitrogens with zero attached hydrogens (tertiary/aromatic N) is 1. The van der Waals surface area contributed by atoms with E-state index in [1.165, 1.54) is 12.0 Å². The molecule has 2 unspecified atom stereocenters. The van der Waals surface area contributed by atoms with Gasteiger partial charge in [-0.3, -0.25) is 9.59 Å². The first kappa shape index (κ1) is 21.9. The number of aliphatic hydroxyl groups is 1. The molecule has 2 aliphatic heterocycles. The Morgan fingerprint density at radius 1 is 1.16 bits per heavy atom. The molecule has 0 aliphatic carbocycles. The predicted molar refractivity (Wildman–Crippen MR) is 119 cm³/mol. The summed E-state index contributed by atoms with van der Waals surface area (Å²) in [6.07, 6.45) is 1.59. The Kier molecular flexibility index (Phi) is 6.46. The van der Waals surface area contributed by atoms with Crippen molar-refractivity contribution in [3.05, 3.63) is 65.2 Å². The topological polar surface area (TPSA) is 85.3 Å². The van der Waals surface area contributed by atoms with Crippen LogP contribution in [0.5, 0.6) is 11.5 Å². The number of aliphatic hydroxyl groups excluding tert-OH is 1. The quantitative estimate of drug-likeness (QED) is 0.404. The molecular formula is C25H27NO6. The smallest absolute Gasteiger partial charge is 0.295 e. The third-order valence-electron chi connectivity index (χ3n) is 5.84. The highest BCUT2D eigenvalue weighted by molar-refractivity contribution is 6.46. The van der Waals surface area contributed by atoms with Crippen molar-refractivity contribution in [2.45, 2.75) is 31.9 Å². The molecule has 0 bridgehead atoms. The maximum atomic E-state index is 13.1. The van der Waals surface area contributed by atoms with Crippen molar-refractivity contribution >= 4 is 17.4 Å². The molecule has 1 N–H and O–H groups in total. The van der Waals surface area contributed by atoms with Crippen molar-refractivity contribution in [3.63, 3.8) is 0 Å². The third kappa shape index (κ3) is 4.08. The molecule has 0 spiro atoms. The standard InChI is InChI=1S/C25H27NO6/c1-3-31-17-12-10-16(11-13-17)23(27)21-22(19-8-4-5-9-20(19)30-2)26(25(29)24(21)28)15-18-7-6-14-32-18/h4-5,8-13,18,22,27H,3,6-7,14-15H2,1-2H3/b23-21+. The summed E-state index contributed by atoms with van der Waals surface area (Å²) in [4.78, 5) is 27.7. The van der Waals surface area contributed by atoms with Crippen molar-refractivity contribution in [1.29, 1.82) is 0 Å². The summed E-state index contributed by atoms with van der Waals surface area (Å²) in [5.74, 6) is -0.398. The van der Waals surface area contributed by atoms with Gasteiger partial charge in [-0.15, -0.1) is 0 Å². The first-order chi connectivity index (χ1) is 15.5. The number of ketones is 1. The lowest BCUT2D eigenvalue weighted by molar-refractivity contribution is -0.140. The van der Waals surface area contributed by atoms with E-state index in [4.69, 9.17) is 14.2 Å². The van der Waals surface area contributed by atoms with E-state index >= 15 is 0 Å². The van der Waals surface area contributed by atoms with Gasteiger partial charge in [0.1, 0.15) is 17.3 Å². The molecule has 0 radical (unpaired) electrons. The summed E-state index contributed by atoms with van der Waals surface area (Å²) >= 11 is 0. The van der Waals surface area contributed by atoms with E-state index in [1.807, 2.05) is 25.1 Å². The van der Waals surface area contributed by atoms with E-state index in [1.54, 1.807) is 30.3 Å². The zero-order valence-electron chi connectivity index (χ0n) is 18.2. The van der Waals surface area contributed by atoms with Crippen LogP contribution < -0.4 is 9.47 Å². The van der Waals surface area contributed by atoms with Crippen molar-refractivity contribution < 1.29 is 28.9 Å². The molecule has 2 aliphatic rings. The lowest BCUT2D eigenvalue weighted by Gasteiger charge is -2.28. The Bertz CT molecular complexity index is 1020. The number of benzene rings is 2. The van der Waals surface area contributed by atoms with Gasteiger partial charge in [-0.1, -0.05) is 18.2 Å². The fourth-order valence-electron chi connectivity index (χ4n) is 4.32. The van der Waals surface area contributed by atoms with Crippen LogP contribution in [-0.4, -0.2) is 54.7 Å². The molecule has 32 heavy (non-hydrogen) atoms. The fraction of sp³-hybridized carbons (Fsp3) is 0.360. The molecule has 2 saturated heterocycles. The second-order valence-corrected chi connectivity index (χ2v) is 7.79. The molecule has 7 heteroatoms. The van der Waals surface area contributed by atoms with E-state index in [9.17, 15) is 14.7 Å². The van der Waals surface area contributed by atoms with E-state index in [-0.39, 0.29) is 24.0 Å². The second-order valence-electron chi connectivity index (χ2n) is 7.79. The van der Waals surface area contributed by atoms with Gasteiger partial charge in [0.05, 0.1) is 31.4 Å². The Morgan fingerprint density at radius 2 is 1.91 bits per heavy atom. The second kappa shape index (κ2) is 9.44. The molecule has 0 saturated carbocycles. The maximum Gasteiger partial charge on any atom is 0.295 e. The number of amides is 1. The summed E-state index contributed by atoms with van der Waals surface area (Å²) in [5.41, 5.74) is 1.12. The summed E-state index contributed by atoms with van der Waals surface area (Å²) < 4.78 is 16.7. The Labute approximate surface area is 187 Å². The van der Waals surface area contributed by atoms with Crippen LogP contribution in [0.15, 0.2) is 54.1 Å². The lowest BCUT2D eigenvalue weighted by atomic mass is 9.94. The van der Waals surface area contributed by atoms with Crippen LogP contribution in [0.1, 0.15) is 36.9 Å². The normalized spacial score (nSPS) is 22.4. The Balaban J connectivity index is 1.81. The van der Waals surface area contributed by atoms with E-state index < -0.39 is 17.7 Å². The average molecular weight is 437 g/mol. The maximum absolute atomic E-state index is 13.1. The Hall–Kier alpha value is -3.32. The molecule has 2 aromatic rings. The molecule has 1 amide bonds. The molecule has 2 atom stereocenters. The number of methoxy groups -OCH3 is 1. The van der Waals surface area contributed by atoms with Crippen molar-refractivity contribution in [1.82, 2.24) is 4.90 Å². The van der Waals surface area contributed by atoms with Crippen molar-refractivity contribution in [3.8, 4) is 11.5 Å². The number of likely N-dealkylation sites (tertiary alicyclic amines) is 1. The average Bonchev–Trinajstić information content (AvgIpc) is 3.42. The van der Waals surface area contributed by atoms with Gasteiger partial charge in [0.2, 0.25) is 0 Å². The lowest BCUT2D eigenvalue weighted by Crippen LogP contribution is -2.36. The minimum Gasteiger partial charge on any atom is -0.507 e. The van der Waals surface area contributed by atoms with E-state index in [0.717, 1.165) is 12.8 Å². The summed E-state index contributed by atoms with van der Waals surface area (Å²) in [6, 6.07) is 13.2. The van der Waals surface area contributed by atoms with Gasteiger partial charge in [0.25, 0.3) is 11.7 Å². The van der Waals surface area contributed by atoms with Crippen LogP contribution in [0, 0.1) is 0 Å². The van der Waals surface area contributed by atoms with Gasteiger partial charge >= 0.3 is 0 Å². The SMILES string of the molecule is CCOc1ccc(/C(O)=C2\C(=O)C(=O)N(CC3CCCO3)C2c2ccccc2OC)cc1. The van der Waals surface area contributed by atoms with E-state index in [2.05, 4.69) is 0 Å². The number of hydrogen-bond donors (Lipinski definition) is 1. The molecule has 0 aromatic heterocycles. The highest BCUT2D eigenvalue weighted by atomic mass is 16.5. The number of carbonyl (C=O) groups excluding carboxylic acids is 2. The molecule has 168 valence electrons. The van der Waals surface area contributed by atoms with Crippen LogP contribution in [0.4, 0.5) is 0 Å². The number of ether oxygens (including phenoxy) is 3. The number of Topliss-reactive ketones (excluding diaryl/α,β-unsaturated/α-hetero) is 1. The van der Waals surface area contributed by atoms with Crippen molar-refractivity contribution in [2.24, 2.45) is 0 Å². The minimum atomic E-state index is -0.776. The van der Waals surface area contributed by atoms with Gasteiger partial charge in [-0.05, 0) is 50.1 Å². The highest BCUT2D eigenvalue weighted by Gasteiger charge is 2.47. The number of carbonyl (C=O) groups is 2. The number of rotatable bonds is 7. The van der Waals surface area contributed by atoms with E-state index in [0.29, 0.717) is 35.8 Å². The number of hydrogen-bond acceptors (Lipinski definition) is 6. The third-order valence-corrected chi connectivity index (χ3v) is 5.84. The van der Waals surface area contributed by atoms with Crippen LogP contribution in [0.25, 0.3) is 5.76 Å². The Morgan fingerprint density at radius 3 is 2.56 bits per heavy atom. The van der Waals surface area contributed by atoms with Crippen LogP contribution in [0.3, 0.4) is 0 Å². The van der Waals surface area contributed by atoms with Gasteiger partial charge in [-0.25, -0.2) is 0 Å². The number of para-hydroxylation sites is 1. The van der Waals surface area contributed by atoms with Crippen LogP contribution in [-0.2, 0) is 14.3 Å². The van der Waals surface area contributed by atoms with Gasteiger partial charge < -0.3 is 24.2 Å². The highest BCUT2D eigenvalue weighted by Crippen LogP contribution is 2.43. The molecule has 2 aromatic carbocycles. The fourth-order valence-corrected chi connectivity index (χ4v) is 4.32. The minimum absolute atomic E-state index is 0.0432. The zero-order chi connectivity index (χ0) is 22.7. The first-order valence-corrected chi connectivity index (χ1v) is 10.8. The predicted octanol–water partition coefficient (Wildman–Crippen LogP) is 3.69. The van der Waals surface area contributed by atoms with Gasteiger partial charge in [-0.2, -0.15) is 0 Å². The monoisotopic (exact) mass is 437 g/mol. The van der Waals surface area contributed by atoms with Gasteiger partial charge in [0.15, 0.2) is 0 Å². The van der Waals surface area contributed by atoms with Crippen LogP contribution in [0.2, 0.25) is 0 Å². The van der Waals surface area contributed by atoms with Crippen LogP contribution >= 0.6 is 0 Å². The largest absolute Gasteiger partial charge is 0.507 e. The summed E-state index contributed by atoms with van der Waals surface area (Å²) in [7, 11) is 1.54. The molecule has 7 nitrogen and oxygen atoms in total. The zero-order valence-corrected chi connectivity index (χ0v) is 18.2. The molecule has 2 fully saturated rings. The first-order valence-electron chi connectivity index (χ1n) is 10.8. The molecular weight excluding hydrogens is 410 g/mol. The summed E-state index contributed by atoms with van der Waals surface area (Å²) in [5, 5.41) is 11.2. The summed E-state index contributed by atoms with van der Waals surface area (Å²) in [6.45, 7) is 3.32. The molecule has 4 rings (SSSR count). The van der Waals surface area contributed by atoms with Crippen molar-refractivity contribution in [2.75, 3.05) is 26.9 Å². The van der Waals surface area contributed by atoms with Gasteiger partial charge in [0, 0.05) is 24.3 Å².